The molecule has 0 bridgehead atoms. The zero-order chi connectivity index (χ0) is 46.9. The summed E-state index contributed by atoms with van der Waals surface area (Å²) >= 11 is 0. The van der Waals surface area contributed by atoms with Gasteiger partial charge in [0.1, 0.15) is 0 Å². The van der Waals surface area contributed by atoms with Crippen LogP contribution in [-0.4, -0.2) is 78.0 Å². The van der Waals surface area contributed by atoms with E-state index in [-0.39, 0.29) is 11.9 Å². The van der Waals surface area contributed by atoms with Crippen molar-refractivity contribution < 1.29 is 38.0 Å². The Kier molecular flexibility index (Phi) is 60.6. The molecule has 1 atom stereocenters. The normalized spacial score (nSPS) is 11.7. The van der Waals surface area contributed by atoms with Crippen LogP contribution in [0, 0.1) is 5.92 Å². The maximum absolute atomic E-state index is 12.1. The Morgan fingerprint density at radius 2 is 0.547 bits per heavy atom. The SMILES string of the molecule is CCCCCCCCC(CCCCCC)COC(=O)CCCOCCOCCCCCC.CCCCCCCCCCCCCCCCOC(=O)CCCOCCOCCCCCC. The molecule has 1 unspecified atom stereocenters. The lowest BCUT2D eigenvalue weighted by Gasteiger charge is -2.17. The van der Waals surface area contributed by atoms with Gasteiger partial charge >= 0.3 is 11.9 Å². The van der Waals surface area contributed by atoms with Crippen molar-refractivity contribution in [1.82, 2.24) is 0 Å². The standard InChI is InChI=1S/2C28H56O4/c1-4-7-10-13-14-16-20-27(19-15-11-8-5-2)26-32-28(29)21-18-23-31-25-24-30-22-17-12-9-6-3;1-3-5-7-9-10-11-12-13-14-15-16-17-18-20-25-32-28(29)22-21-24-31-27-26-30-23-19-8-6-4-2/h27H,4-26H2,1-3H3;3-27H2,1-2H3. The van der Waals surface area contributed by atoms with Crippen LogP contribution < -0.4 is 0 Å². The van der Waals surface area contributed by atoms with E-state index in [0.29, 0.717) is 71.6 Å². The first-order valence-corrected chi connectivity index (χ1v) is 28.2. The lowest BCUT2D eigenvalue weighted by Crippen LogP contribution is -2.15. The first-order chi connectivity index (χ1) is 31.5. The highest BCUT2D eigenvalue weighted by Crippen LogP contribution is 2.20. The molecule has 8 heteroatoms. The van der Waals surface area contributed by atoms with Crippen molar-refractivity contribution in [3.05, 3.63) is 0 Å². The molecule has 0 saturated carbocycles. The Hall–Kier alpha value is -1.22. The molecule has 384 valence electrons. The van der Waals surface area contributed by atoms with E-state index in [1.54, 1.807) is 0 Å². The average Bonchev–Trinajstić information content (AvgIpc) is 3.30. The summed E-state index contributed by atoms with van der Waals surface area (Å²) in [6, 6.07) is 0. The molecule has 0 aliphatic carbocycles. The molecule has 0 aromatic rings. The van der Waals surface area contributed by atoms with Crippen molar-refractivity contribution in [2.75, 3.05) is 66.1 Å². The van der Waals surface area contributed by atoms with Gasteiger partial charge in [0.15, 0.2) is 0 Å². The van der Waals surface area contributed by atoms with E-state index >= 15 is 0 Å². The van der Waals surface area contributed by atoms with Gasteiger partial charge in [-0.25, -0.2) is 0 Å². The van der Waals surface area contributed by atoms with Crippen LogP contribution in [-0.2, 0) is 38.0 Å². The summed E-state index contributed by atoms with van der Waals surface area (Å²) in [6.45, 7) is 17.8. The van der Waals surface area contributed by atoms with Crippen LogP contribution in [0.1, 0.15) is 279 Å². The minimum Gasteiger partial charge on any atom is -0.466 e. The van der Waals surface area contributed by atoms with Gasteiger partial charge in [0.05, 0.1) is 39.6 Å². The van der Waals surface area contributed by atoms with Gasteiger partial charge in [-0.15, -0.1) is 0 Å². The van der Waals surface area contributed by atoms with Crippen LogP contribution >= 0.6 is 0 Å². The molecule has 8 nitrogen and oxygen atoms in total. The number of carbonyl (C=O) groups is 2. The molecule has 0 fully saturated rings. The van der Waals surface area contributed by atoms with Crippen molar-refractivity contribution >= 4 is 11.9 Å². The Balaban J connectivity index is 0. The first kappa shape index (κ1) is 64.9. The molecular weight excluding hydrogens is 801 g/mol. The van der Waals surface area contributed by atoms with E-state index in [0.717, 1.165) is 45.3 Å². The quantitative estimate of drug-likeness (QED) is 0.0440. The molecule has 0 amide bonds. The predicted molar refractivity (Wildman–Crippen MR) is 272 cm³/mol. The van der Waals surface area contributed by atoms with Gasteiger partial charge in [0, 0.05) is 39.3 Å². The highest BCUT2D eigenvalue weighted by atomic mass is 16.5. The number of carbonyl (C=O) groups excluding carboxylic acids is 2. The second-order valence-electron chi connectivity index (χ2n) is 18.5. The van der Waals surface area contributed by atoms with Gasteiger partial charge < -0.3 is 28.4 Å². The van der Waals surface area contributed by atoms with Crippen molar-refractivity contribution in [1.29, 1.82) is 0 Å². The molecule has 0 aromatic heterocycles. The summed E-state index contributed by atoms with van der Waals surface area (Å²) in [6.07, 6.45) is 46.5. The average molecular weight is 914 g/mol. The van der Waals surface area contributed by atoms with E-state index < -0.39 is 0 Å². The van der Waals surface area contributed by atoms with Crippen LogP contribution in [0.2, 0.25) is 0 Å². The van der Waals surface area contributed by atoms with E-state index in [9.17, 15) is 9.59 Å². The summed E-state index contributed by atoms with van der Waals surface area (Å²) in [5.74, 6) is 0.380. The highest BCUT2D eigenvalue weighted by Gasteiger charge is 2.12. The molecule has 0 spiro atoms. The van der Waals surface area contributed by atoms with Crippen LogP contribution in [0.5, 0.6) is 0 Å². The summed E-state index contributed by atoms with van der Waals surface area (Å²) in [4.78, 5) is 23.9. The van der Waals surface area contributed by atoms with Crippen LogP contribution in [0.3, 0.4) is 0 Å². The summed E-state index contributed by atoms with van der Waals surface area (Å²) < 4.78 is 33.1. The number of rotatable bonds is 53. The minimum absolute atomic E-state index is 0.0673. The molecule has 0 aromatic carbocycles. The Bertz CT molecular complexity index is 870. The number of unbranched alkanes of at least 4 members (excludes halogenated alkanes) is 27. The third kappa shape index (κ3) is 58.8. The van der Waals surface area contributed by atoms with Crippen LogP contribution in [0.4, 0.5) is 0 Å². The summed E-state index contributed by atoms with van der Waals surface area (Å²) in [5.41, 5.74) is 0. The molecule has 0 aliphatic rings. The Labute approximate surface area is 399 Å². The van der Waals surface area contributed by atoms with Crippen molar-refractivity contribution in [2.45, 2.75) is 279 Å². The molecular formula is C56H112O8. The fourth-order valence-electron chi connectivity index (χ4n) is 7.76. The summed E-state index contributed by atoms with van der Waals surface area (Å²) in [5, 5.41) is 0. The van der Waals surface area contributed by atoms with Crippen LogP contribution in [0.15, 0.2) is 0 Å². The lowest BCUT2D eigenvalue weighted by molar-refractivity contribution is -0.146. The number of ether oxygens (including phenoxy) is 6. The minimum atomic E-state index is -0.0875. The fraction of sp³-hybridized carbons (Fsp3) is 0.964. The molecule has 0 heterocycles. The maximum Gasteiger partial charge on any atom is 0.305 e. The van der Waals surface area contributed by atoms with Gasteiger partial charge in [-0.2, -0.15) is 0 Å². The third-order valence-corrected chi connectivity index (χ3v) is 12.0. The molecule has 0 rings (SSSR count). The monoisotopic (exact) mass is 913 g/mol. The largest absolute Gasteiger partial charge is 0.466 e. The number of hydrogen-bond donors (Lipinski definition) is 0. The zero-order valence-electron chi connectivity index (χ0n) is 43.8. The van der Waals surface area contributed by atoms with Gasteiger partial charge in [-0.05, 0) is 50.9 Å². The van der Waals surface area contributed by atoms with Crippen LogP contribution in [0.25, 0.3) is 0 Å². The number of esters is 2. The fourth-order valence-corrected chi connectivity index (χ4v) is 7.76. The van der Waals surface area contributed by atoms with Crippen molar-refractivity contribution in [3.8, 4) is 0 Å². The van der Waals surface area contributed by atoms with E-state index in [4.69, 9.17) is 28.4 Å². The topological polar surface area (TPSA) is 89.5 Å². The molecule has 0 aliphatic heterocycles. The van der Waals surface area contributed by atoms with Crippen molar-refractivity contribution in [3.63, 3.8) is 0 Å². The molecule has 0 radical (unpaired) electrons. The molecule has 64 heavy (non-hydrogen) atoms. The zero-order valence-corrected chi connectivity index (χ0v) is 43.8. The predicted octanol–water partition coefficient (Wildman–Crippen LogP) is 16.7. The molecule has 0 saturated heterocycles. The van der Waals surface area contributed by atoms with Crippen molar-refractivity contribution in [2.24, 2.45) is 5.92 Å². The third-order valence-electron chi connectivity index (χ3n) is 12.0. The van der Waals surface area contributed by atoms with Gasteiger partial charge in [0.25, 0.3) is 0 Å². The van der Waals surface area contributed by atoms with E-state index in [1.807, 2.05) is 0 Å². The maximum atomic E-state index is 12.1. The van der Waals surface area contributed by atoms with Gasteiger partial charge in [-0.1, -0.05) is 221 Å². The summed E-state index contributed by atoms with van der Waals surface area (Å²) in [7, 11) is 0. The van der Waals surface area contributed by atoms with Gasteiger partial charge in [0.2, 0.25) is 0 Å². The lowest BCUT2D eigenvalue weighted by atomic mass is 9.95. The first-order valence-electron chi connectivity index (χ1n) is 28.2. The highest BCUT2D eigenvalue weighted by molar-refractivity contribution is 5.69. The second kappa shape index (κ2) is 59.8. The Morgan fingerprint density at radius 3 is 0.922 bits per heavy atom. The smallest absolute Gasteiger partial charge is 0.305 e. The van der Waals surface area contributed by atoms with Gasteiger partial charge in [-0.3, -0.25) is 9.59 Å². The number of hydrogen-bond acceptors (Lipinski definition) is 8. The Morgan fingerprint density at radius 1 is 0.281 bits per heavy atom. The van der Waals surface area contributed by atoms with E-state index in [1.165, 1.54) is 199 Å². The molecule has 0 N–H and O–H groups in total. The van der Waals surface area contributed by atoms with E-state index in [2.05, 4.69) is 34.6 Å². The second-order valence-corrected chi connectivity index (χ2v) is 18.5.